The van der Waals surface area contributed by atoms with E-state index in [9.17, 15) is 13.2 Å². The van der Waals surface area contributed by atoms with Crippen molar-refractivity contribution in [1.29, 1.82) is 0 Å². The molecular formula is C26H26FN4O2S-. The molecule has 0 spiro atoms. The summed E-state index contributed by atoms with van der Waals surface area (Å²) in [5.41, 5.74) is 12.8. The predicted octanol–water partition coefficient (Wildman–Crippen LogP) is 4.56. The van der Waals surface area contributed by atoms with Gasteiger partial charge in [0.15, 0.2) is 0 Å². The van der Waals surface area contributed by atoms with Crippen molar-refractivity contribution in [2.45, 2.75) is 25.2 Å². The maximum absolute atomic E-state index is 13.8. The number of benzene rings is 2. The topological polar surface area (TPSA) is 98.1 Å². The highest BCUT2D eigenvalue weighted by atomic mass is 32.2. The van der Waals surface area contributed by atoms with E-state index in [1.165, 1.54) is 6.07 Å². The molecule has 0 radical (unpaired) electrons. The Morgan fingerprint density at radius 1 is 1.12 bits per heavy atom. The number of rotatable bonds is 6. The average molecular weight is 478 g/mol. The number of hydrogen-bond donors (Lipinski definition) is 2. The van der Waals surface area contributed by atoms with Gasteiger partial charge >= 0.3 is 0 Å². The molecule has 4 aromatic rings. The van der Waals surface area contributed by atoms with Crippen LogP contribution in [0.5, 0.6) is 0 Å². The van der Waals surface area contributed by atoms with Gasteiger partial charge in [0, 0.05) is 28.9 Å². The lowest BCUT2D eigenvalue weighted by atomic mass is 9.92. The molecule has 1 fully saturated rings. The first kappa shape index (κ1) is 22.7. The van der Waals surface area contributed by atoms with Crippen LogP contribution in [0.15, 0.2) is 60.8 Å². The molecule has 176 valence electrons. The van der Waals surface area contributed by atoms with Crippen molar-refractivity contribution in [3.63, 3.8) is 0 Å². The molecule has 2 aromatic heterocycles. The van der Waals surface area contributed by atoms with Crippen LogP contribution in [-0.4, -0.2) is 42.6 Å². The number of likely N-dealkylation sites (tertiary alicyclic amines) is 1. The Bertz CT molecular complexity index is 1350. The molecule has 0 bridgehead atoms. The minimum atomic E-state index is -2.05. The minimum absolute atomic E-state index is 0.0919. The van der Waals surface area contributed by atoms with Gasteiger partial charge < -0.3 is 15.3 Å². The predicted molar refractivity (Wildman–Crippen MR) is 132 cm³/mol. The van der Waals surface area contributed by atoms with Gasteiger partial charge in [-0.25, -0.2) is 9.37 Å². The number of piperidine rings is 1. The summed E-state index contributed by atoms with van der Waals surface area (Å²) in [6.45, 7) is 1.50. The summed E-state index contributed by atoms with van der Waals surface area (Å²) in [7, 11) is 0. The van der Waals surface area contributed by atoms with E-state index in [-0.39, 0.29) is 11.7 Å². The van der Waals surface area contributed by atoms with Gasteiger partial charge in [-0.15, -0.1) is 0 Å². The van der Waals surface area contributed by atoms with Crippen LogP contribution in [-0.2, 0) is 17.5 Å². The molecule has 34 heavy (non-hydrogen) atoms. The zero-order chi connectivity index (χ0) is 23.7. The number of pyridine rings is 1. The number of nitrogens with zero attached hydrogens (tertiary/aromatic N) is 2. The van der Waals surface area contributed by atoms with Crippen molar-refractivity contribution in [1.82, 2.24) is 14.9 Å². The standard InChI is InChI=1S/C26H27FN4O2S/c27-20-3-1-2-17(13-20)12-19-4-5-21(28)14-23(19)22-6-9-29-26-24(22)15-25(30-26)18-7-10-31(11-8-18)16-34(32)33/h1-6,9,13-15,18H,7-8,10-12,16,28H2,(H,29,30)(H,32,33)/p-1. The molecule has 1 saturated heterocycles. The van der Waals surface area contributed by atoms with Crippen LogP contribution >= 0.6 is 0 Å². The number of anilines is 1. The maximum Gasteiger partial charge on any atom is 0.138 e. The molecule has 1 unspecified atom stereocenters. The van der Waals surface area contributed by atoms with E-state index in [0.29, 0.717) is 18.0 Å². The third-order valence-corrected chi connectivity index (χ3v) is 7.15. The number of aromatic nitrogens is 2. The normalized spacial score (nSPS) is 16.2. The van der Waals surface area contributed by atoms with E-state index in [2.05, 4.69) is 16.0 Å². The summed E-state index contributed by atoms with van der Waals surface area (Å²) in [4.78, 5) is 10.0. The largest absolute Gasteiger partial charge is 0.771 e. The summed E-state index contributed by atoms with van der Waals surface area (Å²) in [5, 5.41) is 1.02. The lowest BCUT2D eigenvalue weighted by Crippen LogP contribution is -2.35. The van der Waals surface area contributed by atoms with Gasteiger partial charge in [-0.3, -0.25) is 9.11 Å². The number of hydrogen-bond acceptors (Lipinski definition) is 5. The maximum atomic E-state index is 13.8. The molecule has 1 aliphatic rings. The van der Waals surface area contributed by atoms with Crippen molar-refractivity contribution in [2.75, 3.05) is 24.7 Å². The quantitative estimate of drug-likeness (QED) is 0.313. The van der Waals surface area contributed by atoms with Gasteiger partial charge in [0.05, 0.1) is 5.88 Å². The number of fused-ring (bicyclic) bond motifs is 1. The lowest BCUT2D eigenvalue weighted by Gasteiger charge is -2.31. The highest BCUT2D eigenvalue weighted by Gasteiger charge is 2.23. The van der Waals surface area contributed by atoms with Gasteiger partial charge in [0.2, 0.25) is 0 Å². The Kier molecular flexibility index (Phi) is 6.45. The van der Waals surface area contributed by atoms with Crippen molar-refractivity contribution in [2.24, 2.45) is 0 Å². The summed E-state index contributed by atoms with van der Waals surface area (Å²) < 4.78 is 35.8. The summed E-state index contributed by atoms with van der Waals surface area (Å²) in [6, 6.07) is 16.7. The fraction of sp³-hybridized carbons (Fsp3) is 0.269. The lowest BCUT2D eigenvalue weighted by molar-refractivity contribution is 0.238. The molecular weight excluding hydrogens is 451 g/mol. The van der Waals surface area contributed by atoms with Crippen LogP contribution < -0.4 is 5.73 Å². The van der Waals surface area contributed by atoms with Crippen molar-refractivity contribution in [3.8, 4) is 11.1 Å². The van der Waals surface area contributed by atoms with Crippen LogP contribution in [0.4, 0.5) is 10.1 Å². The van der Waals surface area contributed by atoms with Gasteiger partial charge in [-0.2, -0.15) is 0 Å². The zero-order valence-corrected chi connectivity index (χ0v) is 19.5. The Hall–Kier alpha value is -3.07. The monoisotopic (exact) mass is 477 g/mol. The SMILES string of the molecule is Nc1ccc(Cc2cccc(F)c2)c(-c2ccnc3[nH]c(C4CCN(CS(=O)[O-])CC4)cc23)c1. The molecule has 3 N–H and O–H groups in total. The van der Waals surface area contributed by atoms with Gasteiger partial charge in [0.1, 0.15) is 11.5 Å². The van der Waals surface area contributed by atoms with Crippen LogP contribution in [0.1, 0.15) is 35.6 Å². The number of halogens is 1. The fourth-order valence-electron chi connectivity index (χ4n) is 4.89. The fourth-order valence-corrected chi connectivity index (χ4v) is 5.45. The van der Waals surface area contributed by atoms with Crippen LogP contribution in [0, 0.1) is 5.82 Å². The summed E-state index contributed by atoms with van der Waals surface area (Å²) >= 11 is -2.05. The Morgan fingerprint density at radius 3 is 2.71 bits per heavy atom. The highest BCUT2D eigenvalue weighted by molar-refractivity contribution is 7.79. The first-order valence-corrected chi connectivity index (χ1v) is 12.6. The zero-order valence-electron chi connectivity index (χ0n) is 18.7. The average Bonchev–Trinajstić information content (AvgIpc) is 3.25. The summed E-state index contributed by atoms with van der Waals surface area (Å²) in [5.74, 6) is 0.170. The van der Waals surface area contributed by atoms with Gasteiger partial charge in [0.25, 0.3) is 0 Å². The Balaban J connectivity index is 1.48. The molecule has 0 amide bonds. The van der Waals surface area contributed by atoms with Gasteiger partial charge in [-0.05, 0) is 102 Å². The Labute approximate surface area is 200 Å². The second-order valence-corrected chi connectivity index (χ2v) is 9.76. The molecule has 2 aromatic carbocycles. The highest BCUT2D eigenvalue weighted by Crippen LogP contribution is 2.36. The minimum Gasteiger partial charge on any atom is -0.771 e. The number of nitrogens with one attached hydrogen (secondary N) is 1. The second kappa shape index (κ2) is 9.66. The number of nitrogen functional groups attached to an aromatic ring is 1. The van der Waals surface area contributed by atoms with Gasteiger partial charge in [-0.1, -0.05) is 18.2 Å². The first-order chi connectivity index (χ1) is 16.5. The summed E-state index contributed by atoms with van der Waals surface area (Å²) in [6.07, 6.45) is 4.16. The van der Waals surface area contributed by atoms with E-state index in [4.69, 9.17) is 5.73 Å². The van der Waals surface area contributed by atoms with Crippen molar-refractivity contribution >= 4 is 27.8 Å². The second-order valence-electron chi connectivity index (χ2n) is 8.89. The third kappa shape index (κ3) is 4.89. The molecule has 8 heteroatoms. The smallest absolute Gasteiger partial charge is 0.138 e. The van der Waals surface area contributed by atoms with Crippen LogP contribution in [0.2, 0.25) is 0 Å². The molecule has 5 rings (SSSR count). The Morgan fingerprint density at radius 2 is 1.94 bits per heavy atom. The number of nitrogens with two attached hydrogens (primary N) is 1. The molecule has 1 aliphatic heterocycles. The molecule has 6 nitrogen and oxygen atoms in total. The third-order valence-electron chi connectivity index (χ3n) is 6.58. The molecule has 0 saturated carbocycles. The number of H-pyrrole nitrogens is 1. The van der Waals surface area contributed by atoms with E-state index in [1.807, 2.05) is 35.2 Å². The molecule has 1 atom stereocenters. The van der Waals surface area contributed by atoms with Crippen LogP contribution in [0.3, 0.4) is 0 Å². The van der Waals surface area contributed by atoms with Crippen molar-refractivity contribution in [3.05, 3.63) is 83.4 Å². The molecule has 0 aliphatic carbocycles. The van der Waals surface area contributed by atoms with E-state index in [0.717, 1.165) is 64.9 Å². The van der Waals surface area contributed by atoms with E-state index in [1.54, 1.807) is 18.3 Å². The van der Waals surface area contributed by atoms with E-state index < -0.39 is 11.1 Å². The van der Waals surface area contributed by atoms with E-state index >= 15 is 0 Å². The van der Waals surface area contributed by atoms with Crippen molar-refractivity contribution < 1.29 is 13.2 Å². The first-order valence-electron chi connectivity index (χ1n) is 11.4. The molecule has 3 heterocycles. The van der Waals surface area contributed by atoms with Crippen LogP contribution in [0.25, 0.3) is 22.2 Å². The number of aromatic amines is 1.